The van der Waals surface area contributed by atoms with Crippen molar-refractivity contribution in [2.45, 2.75) is 45.2 Å². The van der Waals surface area contributed by atoms with E-state index in [4.69, 9.17) is 4.74 Å². The molecule has 7 heteroatoms. The van der Waals surface area contributed by atoms with Gasteiger partial charge in [0, 0.05) is 30.8 Å². The number of aromatic nitrogens is 2. The summed E-state index contributed by atoms with van der Waals surface area (Å²) in [5.41, 5.74) is 3.66. The molecule has 1 aliphatic heterocycles. The monoisotopic (exact) mass is 378 g/mol. The van der Waals surface area contributed by atoms with Gasteiger partial charge in [-0.25, -0.2) is 0 Å². The van der Waals surface area contributed by atoms with Crippen LogP contribution in [0, 0.1) is 0 Å². The lowest BCUT2D eigenvalue weighted by Crippen LogP contribution is -2.31. The molecule has 0 radical (unpaired) electrons. The molecule has 1 aromatic carbocycles. The second-order valence-corrected chi connectivity index (χ2v) is 6.40. The van der Waals surface area contributed by atoms with Gasteiger partial charge in [0.25, 0.3) is 5.91 Å². The lowest BCUT2D eigenvalue weighted by Gasteiger charge is -2.20. The number of nitrogens with zero attached hydrogens (tertiary/aromatic N) is 1. The van der Waals surface area contributed by atoms with Crippen molar-refractivity contribution in [1.29, 1.82) is 0 Å². The van der Waals surface area contributed by atoms with Gasteiger partial charge in [-0.3, -0.25) is 9.89 Å². The molecule has 1 unspecified atom stereocenters. The molecule has 0 aliphatic carbocycles. The normalized spacial score (nSPS) is 14.1. The van der Waals surface area contributed by atoms with Crippen molar-refractivity contribution in [2.75, 3.05) is 13.7 Å². The molecule has 0 fully saturated rings. The van der Waals surface area contributed by atoms with Crippen LogP contribution in [0.2, 0.25) is 0 Å². The topological polar surface area (TPSA) is 79.0 Å². The Kier molecular flexibility index (Phi) is 7.48. The number of nitrogens with one attached hydrogen (secondary N) is 3. The summed E-state index contributed by atoms with van der Waals surface area (Å²) in [5.74, 6) is 0.704. The SMILES string of the molecule is CCCCC(NC(=O)c1n[nH]c2c1CNCC2)c1ccc(OC)cc1.Cl. The second-order valence-electron chi connectivity index (χ2n) is 6.40. The van der Waals surface area contributed by atoms with E-state index < -0.39 is 0 Å². The Labute approximate surface area is 160 Å². The lowest BCUT2D eigenvalue weighted by atomic mass is 10.00. The zero-order chi connectivity index (χ0) is 17.6. The van der Waals surface area contributed by atoms with E-state index in [1.807, 2.05) is 24.3 Å². The zero-order valence-electron chi connectivity index (χ0n) is 15.3. The van der Waals surface area contributed by atoms with Crippen LogP contribution in [0.5, 0.6) is 5.75 Å². The highest BCUT2D eigenvalue weighted by atomic mass is 35.5. The van der Waals surface area contributed by atoms with Crippen molar-refractivity contribution in [3.8, 4) is 5.75 Å². The fourth-order valence-corrected chi connectivity index (χ4v) is 3.21. The van der Waals surface area contributed by atoms with E-state index in [9.17, 15) is 4.79 Å². The third-order valence-corrected chi connectivity index (χ3v) is 4.69. The number of hydrogen-bond donors (Lipinski definition) is 3. The second kappa shape index (κ2) is 9.59. The number of H-pyrrole nitrogens is 1. The average molecular weight is 379 g/mol. The number of carbonyl (C=O) groups excluding carboxylic acids is 1. The average Bonchev–Trinajstić information content (AvgIpc) is 3.09. The summed E-state index contributed by atoms with van der Waals surface area (Å²) in [5, 5.41) is 13.7. The van der Waals surface area contributed by atoms with E-state index in [1.165, 1.54) is 0 Å². The largest absolute Gasteiger partial charge is 0.497 e. The maximum absolute atomic E-state index is 12.8. The molecule has 2 heterocycles. The van der Waals surface area contributed by atoms with Gasteiger partial charge in [0.1, 0.15) is 5.75 Å². The number of halogens is 1. The number of fused-ring (bicyclic) bond motifs is 1. The first-order valence-corrected chi connectivity index (χ1v) is 8.94. The van der Waals surface area contributed by atoms with Gasteiger partial charge in [-0.15, -0.1) is 12.4 Å². The van der Waals surface area contributed by atoms with Crippen molar-refractivity contribution in [3.63, 3.8) is 0 Å². The van der Waals surface area contributed by atoms with Gasteiger partial charge in [-0.1, -0.05) is 31.9 Å². The highest BCUT2D eigenvalue weighted by molar-refractivity contribution is 5.94. The number of methoxy groups -OCH3 is 1. The fourth-order valence-electron chi connectivity index (χ4n) is 3.21. The van der Waals surface area contributed by atoms with Crippen LogP contribution in [0.15, 0.2) is 24.3 Å². The molecule has 26 heavy (non-hydrogen) atoms. The quantitative estimate of drug-likeness (QED) is 0.691. The number of ether oxygens (including phenoxy) is 1. The summed E-state index contributed by atoms with van der Waals surface area (Å²) in [6.45, 7) is 3.76. The number of rotatable bonds is 7. The van der Waals surface area contributed by atoms with E-state index in [0.717, 1.165) is 54.8 Å². The first-order valence-electron chi connectivity index (χ1n) is 8.94. The number of benzene rings is 1. The Bertz CT molecular complexity index is 715. The van der Waals surface area contributed by atoms with E-state index in [1.54, 1.807) is 7.11 Å². The van der Waals surface area contributed by atoms with Crippen LogP contribution in [-0.4, -0.2) is 29.8 Å². The molecule has 1 amide bonds. The van der Waals surface area contributed by atoms with Gasteiger partial charge in [0.05, 0.1) is 13.2 Å². The molecule has 0 saturated heterocycles. The Morgan fingerprint density at radius 1 is 1.35 bits per heavy atom. The van der Waals surface area contributed by atoms with Crippen LogP contribution in [0.4, 0.5) is 0 Å². The first kappa shape index (κ1) is 20.3. The third-order valence-electron chi connectivity index (χ3n) is 4.69. The van der Waals surface area contributed by atoms with Gasteiger partial charge in [0.15, 0.2) is 5.69 Å². The van der Waals surface area contributed by atoms with Crippen LogP contribution in [-0.2, 0) is 13.0 Å². The van der Waals surface area contributed by atoms with Crippen molar-refractivity contribution < 1.29 is 9.53 Å². The van der Waals surface area contributed by atoms with E-state index >= 15 is 0 Å². The lowest BCUT2D eigenvalue weighted by molar-refractivity contribution is 0.0928. The van der Waals surface area contributed by atoms with Crippen molar-refractivity contribution in [2.24, 2.45) is 0 Å². The smallest absolute Gasteiger partial charge is 0.272 e. The molecular weight excluding hydrogens is 352 g/mol. The fraction of sp³-hybridized carbons (Fsp3) is 0.474. The minimum Gasteiger partial charge on any atom is -0.497 e. The van der Waals surface area contributed by atoms with Crippen LogP contribution in [0.1, 0.15) is 59.5 Å². The number of unbranched alkanes of at least 4 members (excludes halogenated alkanes) is 1. The maximum Gasteiger partial charge on any atom is 0.272 e. The molecule has 2 aromatic rings. The Balaban J connectivity index is 0.00000243. The first-order chi connectivity index (χ1) is 12.2. The molecule has 1 aliphatic rings. The van der Waals surface area contributed by atoms with Gasteiger partial charge >= 0.3 is 0 Å². The summed E-state index contributed by atoms with van der Waals surface area (Å²) in [6, 6.07) is 7.87. The summed E-state index contributed by atoms with van der Waals surface area (Å²) < 4.78 is 5.22. The molecule has 1 atom stereocenters. The van der Waals surface area contributed by atoms with Gasteiger partial charge in [-0.2, -0.15) is 5.10 Å². The summed E-state index contributed by atoms with van der Waals surface area (Å²) in [6.07, 6.45) is 3.92. The molecule has 1 aromatic heterocycles. The zero-order valence-corrected chi connectivity index (χ0v) is 16.1. The molecule has 0 bridgehead atoms. The van der Waals surface area contributed by atoms with Crippen LogP contribution in [0.25, 0.3) is 0 Å². The highest BCUT2D eigenvalue weighted by Gasteiger charge is 2.23. The summed E-state index contributed by atoms with van der Waals surface area (Å²) >= 11 is 0. The number of hydrogen-bond acceptors (Lipinski definition) is 4. The molecule has 3 rings (SSSR count). The Morgan fingerprint density at radius 2 is 2.12 bits per heavy atom. The molecule has 0 spiro atoms. The Hall–Kier alpha value is -2.05. The van der Waals surface area contributed by atoms with Crippen molar-refractivity contribution >= 4 is 18.3 Å². The number of amides is 1. The van der Waals surface area contributed by atoms with Crippen LogP contribution < -0.4 is 15.4 Å². The standard InChI is InChI=1S/C19H26N4O2.ClH/c1-3-4-5-16(13-6-8-14(25-2)9-7-13)21-19(24)18-15-12-20-11-10-17(15)22-23-18;/h6-9,16,20H,3-5,10-12H2,1-2H3,(H,21,24)(H,22,23);1H. The van der Waals surface area contributed by atoms with Crippen molar-refractivity contribution in [1.82, 2.24) is 20.8 Å². The summed E-state index contributed by atoms with van der Waals surface area (Å²) in [7, 11) is 1.65. The predicted octanol–water partition coefficient (Wildman–Crippen LogP) is 3.15. The maximum atomic E-state index is 12.8. The van der Waals surface area contributed by atoms with Gasteiger partial charge in [-0.05, 0) is 24.1 Å². The third kappa shape index (κ3) is 4.56. The molecular formula is C19H27ClN4O2. The van der Waals surface area contributed by atoms with Crippen LogP contribution >= 0.6 is 12.4 Å². The van der Waals surface area contributed by atoms with Gasteiger partial charge in [0.2, 0.25) is 0 Å². The van der Waals surface area contributed by atoms with Crippen molar-refractivity contribution in [3.05, 3.63) is 46.8 Å². The van der Waals surface area contributed by atoms with Crippen LogP contribution in [0.3, 0.4) is 0 Å². The van der Waals surface area contributed by atoms with E-state index in [0.29, 0.717) is 12.2 Å². The Morgan fingerprint density at radius 3 is 2.81 bits per heavy atom. The molecule has 0 saturated carbocycles. The van der Waals surface area contributed by atoms with E-state index in [2.05, 4.69) is 27.8 Å². The molecule has 142 valence electrons. The molecule has 3 N–H and O–H groups in total. The molecule has 6 nitrogen and oxygen atoms in total. The number of carbonyl (C=O) groups is 1. The minimum atomic E-state index is -0.113. The number of aromatic amines is 1. The summed E-state index contributed by atoms with van der Waals surface area (Å²) in [4.78, 5) is 12.8. The van der Waals surface area contributed by atoms with E-state index in [-0.39, 0.29) is 24.4 Å². The highest BCUT2D eigenvalue weighted by Crippen LogP contribution is 2.23. The predicted molar refractivity (Wildman–Crippen MR) is 104 cm³/mol. The van der Waals surface area contributed by atoms with Gasteiger partial charge < -0.3 is 15.4 Å². The minimum absolute atomic E-state index is 0.